The highest BCUT2D eigenvalue weighted by Crippen LogP contribution is 2.94. The van der Waals surface area contributed by atoms with E-state index in [9.17, 15) is 0 Å². The van der Waals surface area contributed by atoms with Gasteiger partial charge in [0.2, 0.25) is 0 Å². The largest absolute Gasteiger partial charge is 0.309 e. The lowest BCUT2D eigenvalue weighted by molar-refractivity contribution is -0.412. The van der Waals surface area contributed by atoms with Crippen molar-refractivity contribution >= 4 is 27.8 Å². The Morgan fingerprint density at radius 1 is 0.419 bits per heavy atom. The van der Waals surface area contributed by atoms with Crippen LogP contribution in [0.4, 0.5) is 17.1 Å². The van der Waals surface area contributed by atoms with Crippen molar-refractivity contribution in [3.05, 3.63) is 199 Å². The third-order valence-electron chi connectivity index (χ3n) is 17.6. The number of hydrogen-bond donors (Lipinski definition) is 0. The first-order valence-electron chi connectivity index (χ1n) is 23.6. The molecule has 6 aliphatic carbocycles. The quantitative estimate of drug-likeness (QED) is 0.155. The lowest BCUT2D eigenvalue weighted by atomic mass is 9.11. The number of fused-ring (bicyclic) bond motifs is 8. The van der Waals surface area contributed by atoms with Crippen molar-refractivity contribution in [3.8, 4) is 44.5 Å². The SMILES string of the molecule is c1ccc(-c2ccccc2N(c2ccc(-c3ccc4c(c3)C3(c5ccccc5-4)C4CC5CC6CC3C564)cc2)c2ccccc2-c2cccc3cccc(C4CCCCC4)c23)cc1. The summed E-state index contributed by atoms with van der Waals surface area (Å²) in [6.07, 6.45) is 10.9. The van der Waals surface area contributed by atoms with E-state index in [-0.39, 0.29) is 5.41 Å². The van der Waals surface area contributed by atoms with Crippen molar-refractivity contribution in [2.45, 2.75) is 62.7 Å². The molecule has 0 saturated heterocycles. The first kappa shape index (κ1) is 35.4. The van der Waals surface area contributed by atoms with E-state index in [0.717, 1.165) is 29.4 Å². The van der Waals surface area contributed by atoms with Gasteiger partial charge in [-0.15, -0.1) is 0 Å². The van der Waals surface area contributed by atoms with Gasteiger partial charge in [0.25, 0.3) is 0 Å². The molecule has 0 heterocycles. The van der Waals surface area contributed by atoms with Crippen LogP contribution in [-0.4, -0.2) is 0 Å². The standard InChI is InChI=1S/C61H51N/c1-3-15-40(16-4-1)47-21-8-11-27-55(47)62(56-28-12-9-23-51(56)52-25-14-20-42-19-13-24-48(59(42)52)41-17-5-2-6-18-41)46-32-29-39(30-33-46)43-31-34-50-49-22-7-10-26-53(49)61(54(50)35-43)57-37-44-36-45-38-58(61)60(44,45)57/h1,3-4,7-16,19-35,41,44-45,57-58H,2,5-6,17-18,36-38H2. The van der Waals surface area contributed by atoms with E-state index >= 15 is 0 Å². The lowest BCUT2D eigenvalue weighted by Crippen LogP contribution is -2.88. The van der Waals surface area contributed by atoms with Crippen molar-refractivity contribution < 1.29 is 0 Å². The van der Waals surface area contributed by atoms with E-state index in [1.54, 1.807) is 11.1 Å². The Kier molecular flexibility index (Phi) is 7.52. The molecule has 5 fully saturated rings. The first-order valence-corrected chi connectivity index (χ1v) is 23.6. The summed E-state index contributed by atoms with van der Waals surface area (Å²) in [6, 6.07) is 69.5. The average molecular weight is 798 g/mol. The van der Waals surface area contributed by atoms with Crippen molar-refractivity contribution in [2.75, 3.05) is 4.90 Å². The minimum absolute atomic E-state index is 0.218. The van der Waals surface area contributed by atoms with Crippen LogP contribution >= 0.6 is 0 Å². The van der Waals surface area contributed by atoms with Gasteiger partial charge in [-0.2, -0.15) is 0 Å². The second-order valence-corrected chi connectivity index (χ2v) is 19.7. The minimum Gasteiger partial charge on any atom is -0.309 e. The van der Waals surface area contributed by atoms with E-state index in [1.807, 2.05) is 0 Å². The van der Waals surface area contributed by atoms with Gasteiger partial charge in [-0.3, -0.25) is 0 Å². The van der Waals surface area contributed by atoms with E-state index in [4.69, 9.17) is 0 Å². The third kappa shape index (κ3) is 4.54. The average Bonchev–Trinajstić information content (AvgIpc) is 3.61. The summed E-state index contributed by atoms with van der Waals surface area (Å²) in [6.45, 7) is 0. The van der Waals surface area contributed by atoms with Crippen molar-refractivity contribution in [1.29, 1.82) is 0 Å². The zero-order chi connectivity index (χ0) is 40.6. The number of hydrogen-bond acceptors (Lipinski definition) is 1. The summed E-state index contributed by atoms with van der Waals surface area (Å²) in [5.41, 5.74) is 19.8. The van der Waals surface area contributed by atoms with Gasteiger partial charge in [0.15, 0.2) is 0 Å². The highest BCUT2D eigenvalue weighted by atomic mass is 15.1. The summed E-state index contributed by atoms with van der Waals surface area (Å²) in [7, 11) is 0. The van der Waals surface area contributed by atoms with Gasteiger partial charge in [0.05, 0.1) is 11.4 Å². The maximum Gasteiger partial charge on any atom is 0.0540 e. The zero-order valence-electron chi connectivity index (χ0n) is 35.3. The van der Waals surface area contributed by atoms with Crippen LogP contribution in [0.1, 0.15) is 74.0 Å². The van der Waals surface area contributed by atoms with Crippen LogP contribution in [0.3, 0.4) is 0 Å². The summed E-state index contributed by atoms with van der Waals surface area (Å²) in [5.74, 6) is 4.28. The Balaban J connectivity index is 0.913. The van der Waals surface area contributed by atoms with Gasteiger partial charge in [-0.25, -0.2) is 0 Å². The Labute approximate surface area is 366 Å². The molecule has 8 aromatic rings. The molecular weight excluding hydrogens is 747 g/mol. The van der Waals surface area contributed by atoms with Crippen LogP contribution < -0.4 is 4.90 Å². The van der Waals surface area contributed by atoms with Crippen LogP contribution in [0.25, 0.3) is 55.3 Å². The number of rotatable bonds is 7. The molecule has 14 rings (SSSR count). The second-order valence-electron chi connectivity index (χ2n) is 19.7. The Morgan fingerprint density at radius 3 is 1.79 bits per heavy atom. The monoisotopic (exact) mass is 797 g/mol. The fourth-order valence-corrected chi connectivity index (χ4v) is 15.1. The Hall–Kier alpha value is -6.18. The van der Waals surface area contributed by atoms with Crippen LogP contribution in [0.15, 0.2) is 182 Å². The summed E-state index contributed by atoms with van der Waals surface area (Å²) >= 11 is 0. The van der Waals surface area contributed by atoms with Gasteiger partial charge in [-0.1, -0.05) is 171 Å². The van der Waals surface area contributed by atoms with E-state index in [1.165, 1.54) is 124 Å². The fraction of sp³-hybridized carbons (Fsp3) is 0.246. The molecule has 4 atom stereocenters. The lowest BCUT2D eigenvalue weighted by Gasteiger charge is -2.92. The molecule has 5 saturated carbocycles. The zero-order valence-corrected chi connectivity index (χ0v) is 35.3. The molecule has 6 aliphatic rings. The summed E-state index contributed by atoms with van der Waals surface area (Å²) in [4.78, 5) is 2.53. The van der Waals surface area contributed by atoms with Crippen LogP contribution in [0, 0.1) is 29.1 Å². The molecule has 0 radical (unpaired) electrons. The number of nitrogens with zero attached hydrogens (tertiary/aromatic N) is 1. The maximum absolute atomic E-state index is 2.62. The first-order chi connectivity index (χ1) is 30.7. The number of para-hydroxylation sites is 2. The number of anilines is 3. The molecule has 8 aromatic carbocycles. The molecule has 62 heavy (non-hydrogen) atoms. The predicted molar refractivity (Wildman–Crippen MR) is 257 cm³/mol. The minimum atomic E-state index is 0.218. The molecule has 1 heteroatoms. The van der Waals surface area contributed by atoms with E-state index in [0.29, 0.717) is 11.3 Å². The smallest absolute Gasteiger partial charge is 0.0540 e. The Bertz CT molecular complexity index is 3050. The maximum atomic E-state index is 2.62. The summed E-state index contributed by atoms with van der Waals surface area (Å²) < 4.78 is 0. The summed E-state index contributed by atoms with van der Waals surface area (Å²) in [5, 5.41) is 2.75. The third-order valence-corrected chi connectivity index (χ3v) is 17.6. The van der Waals surface area contributed by atoms with Gasteiger partial charge >= 0.3 is 0 Å². The van der Waals surface area contributed by atoms with Crippen molar-refractivity contribution in [3.63, 3.8) is 0 Å². The Morgan fingerprint density at radius 2 is 1.03 bits per heavy atom. The van der Waals surface area contributed by atoms with Gasteiger partial charge in [0, 0.05) is 22.2 Å². The molecule has 0 aromatic heterocycles. The highest BCUT2D eigenvalue weighted by molar-refractivity contribution is 6.04. The predicted octanol–water partition coefficient (Wildman–Crippen LogP) is 16.3. The van der Waals surface area contributed by atoms with E-state index in [2.05, 4.69) is 187 Å². The van der Waals surface area contributed by atoms with Crippen molar-refractivity contribution in [2.24, 2.45) is 29.1 Å². The van der Waals surface area contributed by atoms with Crippen LogP contribution in [-0.2, 0) is 5.41 Å². The van der Waals surface area contributed by atoms with Gasteiger partial charge < -0.3 is 4.90 Å². The van der Waals surface area contributed by atoms with Crippen LogP contribution in [0.2, 0.25) is 0 Å². The molecule has 2 spiro atoms. The molecule has 0 amide bonds. The van der Waals surface area contributed by atoms with E-state index < -0.39 is 0 Å². The molecule has 1 nitrogen and oxygen atoms in total. The fourth-order valence-electron chi connectivity index (χ4n) is 15.1. The van der Waals surface area contributed by atoms with Gasteiger partial charge in [0.1, 0.15) is 0 Å². The van der Waals surface area contributed by atoms with Crippen LogP contribution in [0.5, 0.6) is 0 Å². The molecule has 0 aliphatic heterocycles. The second kappa shape index (κ2) is 13.2. The molecule has 0 N–H and O–H groups in total. The van der Waals surface area contributed by atoms with Crippen molar-refractivity contribution in [1.82, 2.24) is 0 Å². The molecule has 0 bridgehead atoms. The molecular formula is C61H51N. The topological polar surface area (TPSA) is 3.24 Å². The molecule has 300 valence electrons. The number of benzene rings is 8. The molecule has 4 unspecified atom stereocenters. The highest BCUT2D eigenvalue weighted by Gasteiger charge is 2.90. The van der Waals surface area contributed by atoms with Gasteiger partial charge in [-0.05, 0) is 158 Å². The normalized spacial score (nSPS) is 25.9.